The Balaban J connectivity index is 1.88. The Morgan fingerprint density at radius 3 is 2.91 bits per heavy atom. The number of hydrogen-bond donors (Lipinski definition) is 2. The number of amides is 1. The summed E-state index contributed by atoms with van der Waals surface area (Å²) in [6, 6.07) is 6.23. The molecule has 1 unspecified atom stereocenters. The van der Waals surface area contributed by atoms with Gasteiger partial charge in [-0.25, -0.2) is 4.79 Å². The molecule has 1 aliphatic carbocycles. The normalized spacial score (nSPS) is 18.1. The van der Waals surface area contributed by atoms with Gasteiger partial charge in [0.15, 0.2) is 0 Å². The van der Waals surface area contributed by atoms with Gasteiger partial charge in [0.1, 0.15) is 5.60 Å². The highest BCUT2D eigenvalue weighted by atomic mass is 79.9. The van der Waals surface area contributed by atoms with Crippen molar-refractivity contribution in [3.8, 4) is 0 Å². The number of aromatic amines is 1. The van der Waals surface area contributed by atoms with E-state index in [9.17, 15) is 4.79 Å². The van der Waals surface area contributed by atoms with Crippen LogP contribution in [0.5, 0.6) is 0 Å². The monoisotopic (exact) mass is 364 g/mol. The number of aryl methyl sites for hydroxylation is 1. The third kappa shape index (κ3) is 3.14. The fourth-order valence-corrected chi connectivity index (χ4v) is 3.39. The van der Waals surface area contributed by atoms with Gasteiger partial charge in [0, 0.05) is 21.1 Å². The minimum absolute atomic E-state index is 0.00947. The lowest BCUT2D eigenvalue weighted by Gasteiger charge is -2.26. The van der Waals surface area contributed by atoms with Gasteiger partial charge in [-0.15, -0.1) is 0 Å². The summed E-state index contributed by atoms with van der Waals surface area (Å²) in [5.74, 6) is 0. The quantitative estimate of drug-likeness (QED) is 0.760. The summed E-state index contributed by atoms with van der Waals surface area (Å²) in [4.78, 5) is 15.5. The molecule has 1 aliphatic rings. The maximum Gasteiger partial charge on any atom is 0.408 e. The van der Waals surface area contributed by atoms with E-state index in [-0.39, 0.29) is 12.1 Å². The van der Waals surface area contributed by atoms with E-state index >= 15 is 0 Å². The number of carbonyl (C=O) groups excluding carboxylic acids is 1. The molecule has 0 saturated carbocycles. The molecule has 5 heteroatoms. The zero-order valence-corrected chi connectivity index (χ0v) is 14.7. The maximum atomic E-state index is 12.1. The van der Waals surface area contributed by atoms with Gasteiger partial charge in [0.25, 0.3) is 0 Å². The number of carbonyl (C=O) groups is 1. The number of hydrogen-bond acceptors (Lipinski definition) is 2. The van der Waals surface area contributed by atoms with E-state index in [2.05, 4.69) is 38.4 Å². The molecule has 0 spiro atoms. The Morgan fingerprint density at radius 1 is 1.41 bits per heavy atom. The summed E-state index contributed by atoms with van der Waals surface area (Å²) in [5, 5.41) is 4.24. The maximum absolute atomic E-state index is 12.1. The molecular formula is C17H21BrN2O2. The Morgan fingerprint density at radius 2 is 2.18 bits per heavy atom. The van der Waals surface area contributed by atoms with Crippen LogP contribution in [-0.4, -0.2) is 16.7 Å². The summed E-state index contributed by atoms with van der Waals surface area (Å²) in [7, 11) is 0. The number of halogens is 1. The average Bonchev–Trinajstić information content (AvgIpc) is 2.76. The molecule has 0 bridgehead atoms. The fraction of sp³-hybridized carbons (Fsp3) is 0.471. The largest absolute Gasteiger partial charge is 0.444 e. The van der Waals surface area contributed by atoms with Crippen molar-refractivity contribution in [1.82, 2.24) is 10.3 Å². The Kier molecular flexibility index (Phi) is 3.93. The number of benzene rings is 1. The van der Waals surface area contributed by atoms with E-state index in [0.29, 0.717) is 0 Å². The Labute approximate surface area is 138 Å². The molecule has 1 amide bonds. The number of alkyl carbamates (subject to hydrolysis) is 1. The molecule has 1 atom stereocenters. The highest BCUT2D eigenvalue weighted by Gasteiger charge is 2.27. The van der Waals surface area contributed by atoms with Crippen LogP contribution < -0.4 is 5.32 Å². The van der Waals surface area contributed by atoms with Crippen molar-refractivity contribution in [3.05, 3.63) is 33.9 Å². The van der Waals surface area contributed by atoms with Crippen molar-refractivity contribution in [1.29, 1.82) is 0 Å². The van der Waals surface area contributed by atoms with Gasteiger partial charge in [-0.2, -0.15) is 0 Å². The first kappa shape index (κ1) is 15.4. The van der Waals surface area contributed by atoms with Crippen molar-refractivity contribution in [2.24, 2.45) is 0 Å². The van der Waals surface area contributed by atoms with Crippen LogP contribution in [0.2, 0.25) is 0 Å². The van der Waals surface area contributed by atoms with Crippen molar-refractivity contribution < 1.29 is 9.53 Å². The van der Waals surface area contributed by atoms with E-state index in [1.807, 2.05) is 26.8 Å². The summed E-state index contributed by atoms with van der Waals surface area (Å²) in [6.45, 7) is 5.62. The molecule has 2 aromatic rings. The second-order valence-corrected chi connectivity index (χ2v) is 7.71. The van der Waals surface area contributed by atoms with E-state index in [1.54, 1.807) is 0 Å². The van der Waals surface area contributed by atoms with Crippen LogP contribution in [0.1, 0.15) is 50.9 Å². The van der Waals surface area contributed by atoms with Crippen LogP contribution in [0.3, 0.4) is 0 Å². The number of aromatic nitrogens is 1. The van der Waals surface area contributed by atoms with E-state index in [0.717, 1.165) is 34.9 Å². The SMILES string of the molecule is CC(C)(C)OC(=O)NC1CCCc2c1[nH]c1ccc(Br)cc21. The molecule has 22 heavy (non-hydrogen) atoms. The van der Waals surface area contributed by atoms with Gasteiger partial charge in [-0.05, 0) is 63.8 Å². The van der Waals surface area contributed by atoms with E-state index in [1.165, 1.54) is 10.9 Å². The lowest BCUT2D eigenvalue weighted by atomic mass is 9.92. The smallest absolute Gasteiger partial charge is 0.408 e. The third-order valence-electron chi connectivity index (χ3n) is 3.86. The Hall–Kier alpha value is -1.49. The molecule has 1 heterocycles. The first-order valence-corrected chi connectivity index (χ1v) is 8.42. The fourth-order valence-electron chi connectivity index (χ4n) is 3.03. The summed E-state index contributed by atoms with van der Waals surface area (Å²) in [5.41, 5.74) is 3.06. The average molecular weight is 365 g/mol. The van der Waals surface area contributed by atoms with Crippen LogP contribution in [-0.2, 0) is 11.2 Å². The number of H-pyrrole nitrogens is 1. The molecule has 2 N–H and O–H groups in total. The first-order chi connectivity index (χ1) is 10.3. The highest BCUT2D eigenvalue weighted by Crippen LogP contribution is 2.35. The topological polar surface area (TPSA) is 54.1 Å². The first-order valence-electron chi connectivity index (χ1n) is 7.63. The number of nitrogens with one attached hydrogen (secondary N) is 2. The van der Waals surface area contributed by atoms with Gasteiger partial charge in [0.2, 0.25) is 0 Å². The molecule has 1 aromatic heterocycles. The molecule has 0 aliphatic heterocycles. The van der Waals surface area contributed by atoms with Crippen molar-refractivity contribution in [2.75, 3.05) is 0 Å². The molecule has 4 nitrogen and oxygen atoms in total. The molecule has 1 aromatic carbocycles. The minimum atomic E-state index is -0.479. The highest BCUT2D eigenvalue weighted by molar-refractivity contribution is 9.10. The lowest BCUT2D eigenvalue weighted by molar-refractivity contribution is 0.0497. The number of rotatable bonds is 1. The second-order valence-electron chi connectivity index (χ2n) is 6.80. The van der Waals surface area contributed by atoms with Crippen molar-refractivity contribution in [2.45, 2.75) is 51.7 Å². The van der Waals surface area contributed by atoms with E-state index in [4.69, 9.17) is 4.74 Å². The van der Waals surface area contributed by atoms with Crippen LogP contribution >= 0.6 is 15.9 Å². The molecule has 3 rings (SSSR count). The van der Waals surface area contributed by atoms with Gasteiger partial charge in [0.05, 0.1) is 6.04 Å². The summed E-state index contributed by atoms with van der Waals surface area (Å²) >= 11 is 3.53. The zero-order valence-electron chi connectivity index (χ0n) is 13.1. The lowest BCUT2D eigenvalue weighted by Crippen LogP contribution is -2.36. The summed E-state index contributed by atoms with van der Waals surface area (Å²) < 4.78 is 6.45. The van der Waals surface area contributed by atoms with Crippen LogP contribution in [0.15, 0.2) is 22.7 Å². The van der Waals surface area contributed by atoms with Gasteiger partial charge in [-0.1, -0.05) is 15.9 Å². The number of fused-ring (bicyclic) bond motifs is 3. The standard InChI is InChI=1S/C17H21BrN2O2/c1-17(2,3)22-16(21)20-14-6-4-5-11-12-9-10(18)7-8-13(12)19-15(11)14/h7-9,14,19H,4-6H2,1-3H3,(H,20,21). The number of ether oxygens (including phenoxy) is 1. The predicted molar refractivity (Wildman–Crippen MR) is 91.0 cm³/mol. The minimum Gasteiger partial charge on any atom is -0.444 e. The molecule has 0 saturated heterocycles. The zero-order chi connectivity index (χ0) is 15.9. The van der Waals surface area contributed by atoms with Crippen molar-refractivity contribution >= 4 is 32.9 Å². The third-order valence-corrected chi connectivity index (χ3v) is 4.35. The van der Waals surface area contributed by atoms with Crippen LogP contribution in [0.25, 0.3) is 10.9 Å². The van der Waals surface area contributed by atoms with Crippen molar-refractivity contribution in [3.63, 3.8) is 0 Å². The molecule has 118 valence electrons. The van der Waals surface area contributed by atoms with Crippen LogP contribution in [0.4, 0.5) is 4.79 Å². The van der Waals surface area contributed by atoms with Gasteiger partial charge >= 0.3 is 6.09 Å². The van der Waals surface area contributed by atoms with E-state index < -0.39 is 5.60 Å². The molecule has 0 radical (unpaired) electrons. The predicted octanol–water partition coefficient (Wildman–Crippen LogP) is 4.83. The molecular weight excluding hydrogens is 344 g/mol. The van der Waals surface area contributed by atoms with Gasteiger partial charge in [-0.3, -0.25) is 0 Å². The second kappa shape index (κ2) is 5.61. The van der Waals surface area contributed by atoms with Gasteiger partial charge < -0.3 is 15.0 Å². The van der Waals surface area contributed by atoms with Crippen LogP contribution in [0, 0.1) is 0 Å². The Bertz CT molecular complexity index is 715. The molecule has 0 fully saturated rings. The summed E-state index contributed by atoms with van der Waals surface area (Å²) in [6.07, 6.45) is 2.68.